The summed E-state index contributed by atoms with van der Waals surface area (Å²) in [6.07, 6.45) is -9.57. The number of hydrogen-bond acceptors (Lipinski definition) is 2. The maximum atomic E-state index is 12.5. The maximum Gasteiger partial charge on any atom is 0.406 e. The van der Waals surface area contributed by atoms with E-state index in [2.05, 4.69) is 5.32 Å². The third-order valence-electron chi connectivity index (χ3n) is 3.23. The van der Waals surface area contributed by atoms with E-state index in [9.17, 15) is 26.3 Å². The number of nitrogens with one attached hydrogen (secondary N) is 1. The predicted octanol–water partition coefficient (Wildman–Crippen LogP) is 2.59. The van der Waals surface area contributed by atoms with Crippen LogP contribution in [0.3, 0.4) is 0 Å². The first kappa shape index (κ1) is 15.6. The summed E-state index contributed by atoms with van der Waals surface area (Å²) < 4.78 is 74.9. The van der Waals surface area contributed by atoms with Crippen LogP contribution in [0.15, 0.2) is 0 Å². The molecule has 0 aromatic heterocycles. The van der Waals surface area contributed by atoms with Gasteiger partial charge in [-0.3, -0.25) is 0 Å². The lowest BCUT2D eigenvalue weighted by atomic mass is 10.0. The van der Waals surface area contributed by atoms with Gasteiger partial charge in [-0.25, -0.2) is 0 Å². The van der Waals surface area contributed by atoms with E-state index < -0.39 is 23.8 Å². The zero-order chi connectivity index (χ0) is 14.0. The molecule has 0 aromatic carbocycles. The molecule has 1 aliphatic rings. The lowest BCUT2D eigenvalue weighted by Gasteiger charge is -2.24. The first-order valence-corrected chi connectivity index (χ1v) is 5.71. The fourth-order valence-electron chi connectivity index (χ4n) is 1.84. The van der Waals surface area contributed by atoms with Crippen LogP contribution in [0.1, 0.15) is 25.7 Å². The van der Waals surface area contributed by atoms with Gasteiger partial charge in [0, 0.05) is 0 Å². The number of rotatable bonds is 6. The Morgan fingerprint density at radius 1 is 1.06 bits per heavy atom. The molecule has 0 aromatic rings. The van der Waals surface area contributed by atoms with E-state index in [4.69, 9.17) is 5.73 Å². The Labute approximate surface area is 101 Å². The van der Waals surface area contributed by atoms with Gasteiger partial charge >= 0.3 is 12.4 Å². The third kappa shape index (κ3) is 3.74. The van der Waals surface area contributed by atoms with Crippen molar-refractivity contribution in [2.75, 3.05) is 13.1 Å². The summed E-state index contributed by atoms with van der Waals surface area (Å²) in [5.74, 6) is -1.64. The molecule has 0 saturated heterocycles. The normalized spacial score (nSPS) is 20.8. The number of hydrogen-bond donors (Lipinski definition) is 2. The van der Waals surface area contributed by atoms with Crippen LogP contribution in [0.5, 0.6) is 0 Å². The monoisotopic (exact) mass is 278 g/mol. The van der Waals surface area contributed by atoms with Crippen LogP contribution in [0.2, 0.25) is 0 Å². The SMILES string of the molecule is NCCC(CCNC1(C(F)(F)F)CC1)C(F)(F)F. The van der Waals surface area contributed by atoms with Gasteiger partial charge < -0.3 is 11.1 Å². The van der Waals surface area contributed by atoms with Gasteiger partial charge in [0.15, 0.2) is 0 Å². The van der Waals surface area contributed by atoms with Crippen molar-refractivity contribution in [2.24, 2.45) is 11.7 Å². The molecule has 1 saturated carbocycles. The second-order valence-electron chi connectivity index (χ2n) is 4.61. The minimum absolute atomic E-state index is 0.0654. The lowest BCUT2D eigenvalue weighted by Crippen LogP contribution is -2.46. The molecule has 0 radical (unpaired) electrons. The quantitative estimate of drug-likeness (QED) is 0.733. The fraction of sp³-hybridized carbons (Fsp3) is 1.00. The van der Waals surface area contributed by atoms with E-state index in [1.165, 1.54) is 0 Å². The molecule has 0 spiro atoms. The zero-order valence-corrected chi connectivity index (χ0v) is 9.67. The Hall–Kier alpha value is -0.500. The Balaban J connectivity index is 2.41. The van der Waals surface area contributed by atoms with Crippen molar-refractivity contribution < 1.29 is 26.3 Å². The fourth-order valence-corrected chi connectivity index (χ4v) is 1.84. The molecular weight excluding hydrogens is 262 g/mol. The summed E-state index contributed by atoms with van der Waals surface area (Å²) in [5, 5.41) is 2.21. The Bertz CT molecular complexity index is 269. The minimum Gasteiger partial charge on any atom is -0.330 e. The average Bonchev–Trinajstić information content (AvgIpc) is 2.95. The van der Waals surface area contributed by atoms with Gasteiger partial charge in [-0.1, -0.05) is 0 Å². The number of halogens is 6. The molecule has 0 bridgehead atoms. The molecular formula is C10H16F6N2. The van der Waals surface area contributed by atoms with E-state index in [1.54, 1.807) is 0 Å². The zero-order valence-electron chi connectivity index (χ0n) is 9.67. The first-order chi connectivity index (χ1) is 8.12. The van der Waals surface area contributed by atoms with Crippen LogP contribution in [-0.4, -0.2) is 31.0 Å². The van der Waals surface area contributed by atoms with Crippen molar-refractivity contribution in [3.63, 3.8) is 0 Å². The second-order valence-corrected chi connectivity index (χ2v) is 4.61. The Morgan fingerprint density at radius 2 is 1.61 bits per heavy atom. The van der Waals surface area contributed by atoms with Crippen LogP contribution in [0, 0.1) is 5.92 Å². The smallest absolute Gasteiger partial charge is 0.330 e. The third-order valence-corrected chi connectivity index (χ3v) is 3.23. The van der Waals surface area contributed by atoms with Crippen LogP contribution in [0.25, 0.3) is 0 Å². The molecule has 8 heteroatoms. The standard InChI is InChI=1S/C10H16F6N2/c11-9(12,13)7(1-5-17)2-6-18-8(3-4-8)10(14,15)16/h7,18H,1-6,17H2. The Kier molecular flexibility index (Phi) is 4.53. The molecule has 18 heavy (non-hydrogen) atoms. The lowest BCUT2D eigenvalue weighted by molar-refractivity contribution is -0.180. The number of nitrogens with two attached hydrogens (primary N) is 1. The van der Waals surface area contributed by atoms with Crippen LogP contribution in [-0.2, 0) is 0 Å². The summed E-state index contributed by atoms with van der Waals surface area (Å²) >= 11 is 0. The van der Waals surface area contributed by atoms with Crippen molar-refractivity contribution >= 4 is 0 Å². The Morgan fingerprint density at radius 3 is 1.94 bits per heavy atom. The highest BCUT2D eigenvalue weighted by atomic mass is 19.4. The molecule has 1 fully saturated rings. The second kappa shape index (κ2) is 5.24. The van der Waals surface area contributed by atoms with Crippen LogP contribution >= 0.6 is 0 Å². The molecule has 2 nitrogen and oxygen atoms in total. The largest absolute Gasteiger partial charge is 0.406 e. The molecule has 0 aliphatic heterocycles. The van der Waals surface area contributed by atoms with E-state index in [0.29, 0.717) is 0 Å². The highest BCUT2D eigenvalue weighted by molar-refractivity contribution is 5.07. The van der Waals surface area contributed by atoms with Crippen molar-refractivity contribution in [3.05, 3.63) is 0 Å². The topological polar surface area (TPSA) is 38.0 Å². The van der Waals surface area contributed by atoms with Crippen molar-refractivity contribution in [1.82, 2.24) is 5.32 Å². The van der Waals surface area contributed by atoms with Gasteiger partial charge in [-0.05, 0) is 38.8 Å². The van der Waals surface area contributed by atoms with Crippen LogP contribution in [0.4, 0.5) is 26.3 Å². The van der Waals surface area contributed by atoms with Gasteiger partial charge in [0.2, 0.25) is 0 Å². The summed E-state index contributed by atoms with van der Waals surface area (Å²) in [4.78, 5) is 0. The first-order valence-electron chi connectivity index (χ1n) is 5.71. The number of alkyl halides is 6. The molecule has 1 unspecified atom stereocenters. The average molecular weight is 278 g/mol. The molecule has 1 aliphatic carbocycles. The highest BCUT2D eigenvalue weighted by Crippen LogP contribution is 2.49. The highest BCUT2D eigenvalue weighted by Gasteiger charge is 2.62. The van der Waals surface area contributed by atoms with E-state index in [1.807, 2.05) is 0 Å². The summed E-state index contributed by atoms with van der Waals surface area (Å²) in [6.45, 7) is -0.432. The van der Waals surface area contributed by atoms with Crippen molar-refractivity contribution in [1.29, 1.82) is 0 Å². The molecule has 1 rings (SSSR count). The van der Waals surface area contributed by atoms with Gasteiger partial charge in [0.25, 0.3) is 0 Å². The summed E-state index contributed by atoms with van der Waals surface area (Å²) in [7, 11) is 0. The van der Waals surface area contributed by atoms with E-state index in [-0.39, 0.29) is 38.8 Å². The molecule has 0 heterocycles. The van der Waals surface area contributed by atoms with Crippen LogP contribution < -0.4 is 11.1 Å². The molecule has 3 N–H and O–H groups in total. The van der Waals surface area contributed by atoms with Gasteiger partial charge in [0.1, 0.15) is 5.54 Å². The van der Waals surface area contributed by atoms with E-state index in [0.717, 1.165) is 0 Å². The van der Waals surface area contributed by atoms with Gasteiger partial charge in [0.05, 0.1) is 5.92 Å². The van der Waals surface area contributed by atoms with E-state index >= 15 is 0 Å². The van der Waals surface area contributed by atoms with Crippen molar-refractivity contribution in [2.45, 2.75) is 43.6 Å². The predicted molar refractivity (Wildman–Crippen MR) is 53.9 cm³/mol. The maximum absolute atomic E-state index is 12.5. The molecule has 108 valence electrons. The summed E-state index contributed by atoms with van der Waals surface area (Å²) in [6, 6.07) is 0. The summed E-state index contributed by atoms with van der Waals surface area (Å²) in [5.41, 5.74) is 3.11. The van der Waals surface area contributed by atoms with Crippen molar-refractivity contribution in [3.8, 4) is 0 Å². The van der Waals surface area contributed by atoms with Gasteiger partial charge in [-0.15, -0.1) is 0 Å². The molecule has 0 amide bonds. The van der Waals surface area contributed by atoms with Gasteiger partial charge in [-0.2, -0.15) is 26.3 Å². The molecule has 1 atom stereocenters. The minimum atomic E-state index is -4.41.